The number of Topliss-reactive ketones (excluding diaryl/α,β-unsaturated/α-hetero) is 1. The fourth-order valence-corrected chi connectivity index (χ4v) is 0.789. The average Bonchev–Trinajstić information content (AvgIpc) is 1.81. The molecule has 0 unspecified atom stereocenters. The molecule has 0 aromatic rings. The fraction of sp³-hybridized carbons (Fsp3) is 0.800. The van der Waals surface area contributed by atoms with Gasteiger partial charge in [-0.2, -0.15) is 0 Å². The quantitative estimate of drug-likeness (QED) is 0.499. The Balaban J connectivity index is 4.06. The third-order valence-electron chi connectivity index (χ3n) is 1.22. The molecule has 0 spiro atoms. The van der Waals surface area contributed by atoms with Gasteiger partial charge in [0, 0.05) is 6.42 Å². The van der Waals surface area contributed by atoms with E-state index in [4.69, 9.17) is 4.74 Å². The van der Waals surface area contributed by atoms with Crippen LogP contribution >= 0.6 is 0 Å². The summed E-state index contributed by atoms with van der Waals surface area (Å²) in [7, 11) is 0. The zero-order valence-electron chi connectivity index (χ0n) is 9.01. The maximum Gasteiger partial charge on any atom is 0.375 e. The molecule has 0 aromatic carbocycles. The largest absolute Gasteiger partial charge is 0.454 e. The van der Waals surface area contributed by atoms with Gasteiger partial charge in [-0.05, 0) is 26.7 Å². The number of esters is 1. The van der Waals surface area contributed by atoms with Gasteiger partial charge in [0.05, 0.1) is 0 Å². The summed E-state index contributed by atoms with van der Waals surface area (Å²) < 4.78 is 4.91. The van der Waals surface area contributed by atoms with E-state index in [2.05, 4.69) is 0 Å². The van der Waals surface area contributed by atoms with Crippen LogP contribution in [0.1, 0.15) is 41.0 Å². The van der Waals surface area contributed by atoms with Gasteiger partial charge >= 0.3 is 5.97 Å². The van der Waals surface area contributed by atoms with E-state index >= 15 is 0 Å². The zero-order chi connectivity index (χ0) is 10.6. The molecule has 0 saturated carbocycles. The van der Waals surface area contributed by atoms with Crippen LogP contribution in [0.25, 0.3) is 0 Å². The van der Waals surface area contributed by atoms with Crippen molar-refractivity contribution in [1.82, 2.24) is 0 Å². The molecule has 13 heavy (non-hydrogen) atoms. The lowest BCUT2D eigenvalue weighted by Gasteiger charge is -2.18. The summed E-state index contributed by atoms with van der Waals surface area (Å²) in [6.45, 7) is 9.01. The van der Waals surface area contributed by atoms with Gasteiger partial charge in [0.25, 0.3) is 0 Å². The summed E-state index contributed by atoms with van der Waals surface area (Å²) in [6, 6.07) is 0. The van der Waals surface area contributed by atoms with Crippen molar-refractivity contribution in [1.29, 1.82) is 0 Å². The fourth-order valence-electron chi connectivity index (χ4n) is 0.789. The molecule has 0 heterocycles. The highest BCUT2D eigenvalue weighted by molar-refractivity contribution is 6.33. The van der Waals surface area contributed by atoms with Crippen LogP contribution in [0.4, 0.5) is 0 Å². The molecule has 0 aliphatic carbocycles. The van der Waals surface area contributed by atoms with E-state index in [1.807, 2.05) is 13.8 Å². The van der Waals surface area contributed by atoms with Crippen molar-refractivity contribution in [3.63, 3.8) is 0 Å². The van der Waals surface area contributed by atoms with Crippen LogP contribution < -0.4 is 0 Å². The molecule has 0 saturated heterocycles. The van der Waals surface area contributed by atoms with Crippen molar-refractivity contribution in [3.8, 4) is 0 Å². The summed E-state index contributed by atoms with van der Waals surface area (Å²) in [4.78, 5) is 22.3. The Morgan fingerprint density at radius 2 is 1.69 bits per heavy atom. The molecule has 0 amide bonds. The van der Waals surface area contributed by atoms with Crippen molar-refractivity contribution in [2.75, 3.05) is 0 Å². The third-order valence-corrected chi connectivity index (χ3v) is 1.22. The van der Waals surface area contributed by atoms with E-state index in [0.29, 0.717) is 0 Å². The Labute approximate surface area is 79.5 Å². The molecule has 3 nitrogen and oxygen atoms in total. The van der Waals surface area contributed by atoms with Gasteiger partial charge in [-0.1, -0.05) is 13.8 Å². The van der Waals surface area contributed by atoms with Crippen LogP contribution in [0.15, 0.2) is 0 Å². The highest BCUT2D eigenvalue weighted by Gasteiger charge is 2.22. The number of hydrogen-bond donors (Lipinski definition) is 0. The maximum atomic E-state index is 11.2. The molecule has 76 valence electrons. The molecule has 0 rings (SSSR count). The predicted molar refractivity (Wildman–Crippen MR) is 50.3 cm³/mol. The second-order valence-electron chi connectivity index (χ2n) is 4.52. The lowest BCUT2D eigenvalue weighted by atomic mass is 10.1. The molecule has 0 N–H and O–H groups in total. The monoisotopic (exact) mass is 186 g/mol. The van der Waals surface area contributed by atoms with Crippen LogP contribution in [-0.4, -0.2) is 17.4 Å². The van der Waals surface area contributed by atoms with Crippen molar-refractivity contribution in [3.05, 3.63) is 0 Å². The Morgan fingerprint density at radius 3 is 2.00 bits per heavy atom. The Morgan fingerprint density at radius 1 is 1.23 bits per heavy atom. The Bertz CT molecular complexity index is 199. The summed E-state index contributed by atoms with van der Waals surface area (Å²) in [5.74, 6) is -0.967. The lowest BCUT2D eigenvalue weighted by molar-refractivity contribution is -0.162. The minimum absolute atomic E-state index is 0.194. The van der Waals surface area contributed by atoms with E-state index < -0.39 is 17.4 Å². The van der Waals surface area contributed by atoms with Crippen LogP contribution in [0.5, 0.6) is 0 Å². The van der Waals surface area contributed by atoms with Crippen molar-refractivity contribution in [2.24, 2.45) is 5.92 Å². The van der Waals surface area contributed by atoms with E-state index in [1.54, 1.807) is 20.8 Å². The highest BCUT2D eigenvalue weighted by Crippen LogP contribution is 2.09. The van der Waals surface area contributed by atoms with Gasteiger partial charge in [-0.25, -0.2) is 4.79 Å². The van der Waals surface area contributed by atoms with Gasteiger partial charge in [-0.15, -0.1) is 0 Å². The van der Waals surface area contributed by atoms with Crippen LogP contribution in [0.2, 0.25) is 0 Å². The Kier molecular flexibility index (Phi) is 4.11. The molecule has 0 radical (unpaired) electrons. The zero-order valence-corrected chi connectivity index (χ0v) is 9.01. The molecule has 0 fully saturated rings. The summed E-state index contributed by atoms with van der Waals surface area (Å²) >= 11 is 0. The molecule has 0 atom stereocenters. The topological polar surface area (TPSA) is 43.4 Å². The Hall–Kier alpha value is -0.860. The summed E-state index contributed by atoms with van der Waals surface area (Å²) in [6.07, 6.45) is 0.259. The first-order valence-electron chi connectivity index (χ1n) is 4.48. The van der Waals surface area contributed by atoms with E-state index in [1.165, 1.54) is 0 Å². The number of rotatable bonds is 3. The number of carbonyl (C=O) groups excluding carboxylic acids is 2. The smallest absolute Gasteiger partial charge is 0.375 e. The minimum atomic E-state index is -0.721. The summed E-state index contributed by atoms with van der Waals surface area (Å²) in [5.41, 5.74) is -0.580. The van der Waals surface area contributed by atoms with Crippen molar-refractivity contribution < 1.29 is 14.3 Å². The van der Waals surface area contributed by atoms with E-state index in [9.17, 15) is 9.59 Å². The maximum absolute atomic E-state index is 11.2. The molecule has 0 aromatic heterocycles. The molecule has 0 aliphatic rings. The number of ketones is 1. The molecule has 3 heteroatoms. The lowest BCUT2D eigenvalue weighted by Crippen LogP contribution is -2.29. The van der Waals surface area contributed by atoms with Gasteiger partial charge in [-0.3, -0.25) is 4.79 Å². The van der Waals surface area contributed by atoms with Crippen LogP contribution in [-0.2, 0) is 14.3 Å². The first kappa shape index (κ1) is 12.1. The minimum Gasteiger partial charge on any atom is -0.454 e. The predicted octanol–water partition coefficient (Wildman–Crippen LogP) is 1.94. The first-order valence-corrected chi connectivity index (χ1v) is 4.48. The van der Waals surface area contributed by atoms with Crippen molar-refractivity contribution >= 4 is 11.8 Å². The van der Waals surface area contributed by atoms with Gasteiger partial charge in [0.15, 0.2) is 0 Å². The van der Waals surface area contributed by atoms with Gasteiger partial charge in [0.2, 0.25) is 5.78 Å². The van der Waals surface area contributed by atoms with E-state index in [-0.39, 0.29) is 12.3 Å². The second kappa shape index (κ2) is 4.40. The average molecular weight is 186 g/mol. The molecule has 0 aliphatic heterocycles. The molecular formula is C10H18O3. The standard InChI is InChI=1S/C10H18O3/c1-7(2)6-8(11)9(12)13-10(3,4)5/h7H,6H2,1-5H3. The number of ether oxygens (including phenoxy) is 1. The number of hydrogen-bond acceptors (Lipinski definition) is 3. The van der Waals surface area contributed by atoms with Gasteiger partial charge in [0.1, 0.15) is 5.60 Å². The third kappa shape index (κ3) is 6.31. The van der Waals surface area contributed by atoms with Crippen LogP contribution in [0.3, 0.4) is 0 Å². The first-order chi connectivity index (χ1) is 5.72. The van der Waals surface area contributed by atoms with Crippen molar-refractivity contribution in [2.45, 2.75) is 46.6 Å². The van der Waals surface area contributed by atoms with E-state index in [0.717, 1.165) is 0 Å². The number of carbonyl (C=O) groups is 2. The second-order valence-corrected chi connectivity index (χ2v) is 4.52. The normalized spacial score (nSPS) is 11.5. The highest BCUT2D eigenvalue weighted by atomic mass is 16.6. The van der Waals surface area contributed by atoms with Gasteiger partial charge < -0.3 is 4.74 Å². The summed E-state index contributed by atoms with van der Waals surface area (Å²) in [5, 5.41) is 0. The molecular weight excluding hydrogens is 168 g/mol. The SMILES string of the molecule is CC(C)CC(=O)C(=O)OC(C)(C)C. The van der Waals surface area contributed by atoms with Crippen LogP contribution in [0, 0.1) is 5.92 Å². The molecule has 0 bridgehead atoms.